The molecule has 0 aromatic rings. The molecule has 0 bridgehead atoms. The second kappa shape index (κ2) is 18.8. The summed E-state index contributed by atoms with van der Waals surface area (Å²) in [6.45, 7) is 1.31. The normalized spacial score (nSPS) is 20.6. The molecule has 0 aliphatic heterocycles. The topological polar surface area (TPSA) is 75.6 Å². The molecular weight excluding hydrogens is 1130 g/mol. The summed E-state index contributed by atoms with van der Waals surface area (Å²) < 4.78 is 493. The number of terminal acetylenes is 1. The van der Waals surface area contributed by atoms with Crippen molar-refractivity contribution < 1.29 is 187 Å². The van der Waals surface area contributed by atoms with Crippen LogP contribution >= 0.6 is 0 Å². The third kappa shape index (κ3) is 12.9. The molecular formula is C27H19F35O7Si. The van der Waals surface area contributed by atoms with Crippen molar-refractivity contribution in [2.24, 2.45) is 0 Å². The van der Waals surface area contributed by atoms with Crippen LogP contribution in [-0.2, 0) is 28.1 Å². The third-order valence-corrected chi connectivity index (χ3v) is 10.3. The molecule has 0 saturated carbocycles. The Kier molecular flexibility index (Phi) is 18.0. The number of ether oxygens (including phenoxy) is 5. The van der Waals surface area contributed by atoms with E-state index in [9.17, 15) is 150 Å². The Labute approximate surface area is 362 Å². The van der Waals surface area contributed by atoms with Crippen LogP contribution in [0.2, 0.25) is 19.1 Å². The van der Waals surface area contributed by atoms with E-state index in [1.165, 1.54) is 0 Å². The van der Waals surface area contributed by atoms with E-state index in [0.29, 0.717) is 13.1 Å². The zero-order chi connectivity index (χ0) is 57.3. The highest BCUT2D eigenvalue weighted by atomic mass is 28.4. The van der Waals surface area contributed by atoms with Gasteiger partial charge < -0.3 is 9.53 Å². The Hall–Kier alpha value is -2.95. The molecule has 1 N–H and O–H groups in total. The van der Waals surface area contributed by atoms with Gasteiger partial charge in [-0.25, -0.2) is 4.39 Å². The molecule has 418 valence electrons. The van der Waals surface area contributed by atoms with Crippen molar-refractivity contribution in [1.29, 1.82) is 0 Å². The summed E-state index contributed by atoms with van der Waals surface area (Å²) in [4.78, 5) is 0. The van der Waals surface area contributed by atoms with Gasteiger partial charge in [0.2, 0.25) is 0 Å². The smallest absolute Gasteiger partial charge is 0.417 e. The van der Waals surface area contributed by atoms with Crippen LogP contribution in [0, 0.1) is 12.3 Å². The van der Waals surface area contributed by atoms with Crippen LogP contribution in [0.4, 0.5) is 154 Å². The molecule has 0 aromatic carbocycles. The lowest BCUT2D eigenvalue weighted by Gasteiger charge is -2.44. The van der Waals surface area contributed by atoms with E-state index in [4.69, 9.17) is 10.8 Å². The van der Waals surface area contributed by atoms with Crippen LogP contribution in [0.3, 0.4) is 0 Å². The van der Waals surface area contributed by atoms with E-state index >= 15 is 8.78 Å². The molecule has 0 saturated heterocycles. The Balaban J connectivity index is 7.86. The SMILES string of the molecule is C#CC(C)(O)CCO[Si](C)(C)CCC(F)(OC(F)(F)C(F)(OC(F)(F)C(F)(OC(F)(F)C(F)(OC(F)(F)C(F)(OC(F)(F)C(F)(F)C(F)(F)F)C(F)(F)F)C(F)(F)F)C(F)(F)F)C(F)(F)F)C(F)(F)F. The summed E-state index contributed by atoms with van der Waals surface area (Å²) in [5, 5.41) is 9.67. The van der Waals surface area contributed by atoms with E-state index in [2.05, 4.69) is 0 Å². The van der Waals surface area contributed by atoms with Crippen molar-refractivity contribution in [2.45, 2.75) is 147 Å². The largest absolute Gasteiger partial charge is 0.462 e. The Bertz CT molecular complexity index is 1830. The van der Waals surface area contributed by atoms with Crippen molar-refractivity contribution in [2.75, 3.05) is 6.61 Å². The molecule has 6 atom stereocenters. The van der Waals surface area contributed by atoms with Gasteiger partial charge in [0, 0.05) is 19.4 Å². The maximum absolute atomic E-state index is 15.1. The Morgan fingerprint density at radius 1 is 0.386 bits per heavy atom. The maximum Gasteiger partial charge on any atom is 0.462 e. The predicted octanol–water partition coefficient (Wildman–Crippen LogP) is 12.8. The molecule has 0 aliphatic rings. The van der Waals surface area contributed by atoms with Gasteiger partial charge in [0.15, 0.2) is 8.32 Å². The quantitative estimate of drug-likeness (QED) is 0.0658. The zero-order valence-corrected chi connectivity index (χ0v) is 33.5. The van der Waals surface area contributed by atoms with E-state index in [1.807, 2.05) is 4.74 Å². The number of aliphatic hydroxyl groups is 1. The zero-order valence-electron chi connectivity index (χ0n) is 32.5. The Morgan fingerprint density at radius 3 is 0.871 bits per heavy atom. The molecule has 0 aliphatic carbocycles. The van der Waals surface area contributed by atoms with Gasteiger partial charge in [0.05, 0.1) is 0 Å². The number of halogens is 35. The second-order valence-electron chi connectivity index (χ2n) is 14.0. The fraction of sp³-hybridized carbons (Fsp3) is 0.926. The van der Waals surface area contributed by atoms with Crippen LogP contribution in [-0.4, -0.2) is 128 Å². The molecule has 0 amide bonds. The average Bonchev–Trinajstić information content (AvgIpc) is 3.06. The van der Waals surface area contributed by atoms with Crippen LogP contribution < -0.4 is 0 Å². The fourth-order valence-electron chi connectivity index (χ4n) is 3.91. The van der Waals surface area contributed by atoms with Gasteiger partial charge >= 0.3 is 103 Å². The monoisotopic (exact) mass is 1150 g/mol. The van der Waals surface area contributed by atoms with Gasteiger partial charge in [0.1, 0.15) is 5.60 Å². The first kappa shape index (κ1) is 67.0. The number of alkyl halides is 35. The minimum atomic E-state index is -9.59. The van der Waals surface area contributed by atoms with Crippen LogP contribution in [0.1, 0.15) is 19.8 Å². The molecule has 6 unspecified atom stereocenters. The van der Waals surface area contributed by atoms with Gasteiger partial charge in [-0.3, -0.25) is 23.7 Å². The summed E-state index contributed by atoms with van der Waals surface area (Å²) in [5.41, 5.74) is -2.11. The summed E-state index contributed by atoms with van der Waals surface area (Å²) in [6, 6.07) is -1.78. The molecule has 7 nitrogen and oxygen atoms in total. The highest BCUT2D eigenvalue weighted by Crippen LogP contribution is 2.62. The molecule has 70 heavy (non-hydrogen) atoms. The van der Waals surface area contributed by atoms with Gasteiger partial charge in [-0.2, -0.15) is 149 Å². The molecule has 0 fully saturated rings. The highest BCUT2D eigenvalue weighted by Gasteiger charge is 2.91. The minimum absolute atomic E-state index is 0.659. The van der Waals surface area contributed by atoms with Gasteiger partial charge in [-0.1, -0.05) is 5.92 Å². The highest BCUT2D eigenvalue weighted by molar-refractivity contribution is 6.71. The first-order valence-electron chi connectivity index (χ1n) is 16.2. The summed E-state index contributed by atoms with van der Waals surface area (Å²) in [7, 11) is -4.19. The van der Waals surface area contributed by atoms with Crippen LogP contribution in [0.15, 0.2) is 0 Å². The summed E-state index contributed by atoms with van der Waals surface area (Å²) in [5.74, 6) is -50.9. The molecule has 0 aromatic heterocycles. The van der Waals surface area contributed by atoms with Gasteiger partial charge in [-0.15, -0.1) is 6.42 Å². The number of rotatable bonds is 22. The molecule has 0 spiro atoms. The number of hydrogen-bond donors (Lipinski definition) is 1. The standard InChI is InChI=1S/C27H19F35O7Si/c1-5-10(2,63)6-8-64-70(3,4)9-7-11(28,17(35,36)37)65-24(55,56)13(31,19(41,42)43)67-26(59,60)15(33,21(47,48)49)69-27(61,62)16(34,22(50,51)52)68-25(57,58)14(32,20(44,45)46)66-23(53,54)12(29,30)18(38,39)40/h1,63H,6-9H2,2-4H3. The molecule has 0 radical (unpaired) electrons. The lowest BCUT2D eigenvalue weighted by atomic mass is 10.1. The lowest BCUT2D eigenvalue weighted by molar-refractivity contribution is -0.600. The lowest BCUT2D eigenvalue weighted by Crippen LogP contribution is -2.73. The summed E-state index contributed by atoms with van der Waals surface area (Å²) in [6.07, 6.45) is -96.0. The molecule has 43 heteroatoms. The van der Waals surface area contributed by atoms with E-state index < -0.39 is 142 Å². The van der Waals surface area contributed by atoms with E-state index in [1.54, 1.807) is 5.92 Å². The predicted molar refractivity (Wildman–Crippen MR) is 148 cm³/mol. The second-order valence-corrected chi connectivity index (χ2v) is 18.3. The average molecular weight is 1150 g/mol. The number of hydrogen-bond acceptors (Lipinski definition) is 7. The van der Waals surface area contributed by atoms with Crippen molar-refractivity contribution in [1.82, 2.24) is 0 Å². The van der Waals surface area contributed by atoms with Crippen LogP contribution in [0.25, 0.3) is 0 Å². The molecule has 0 heterocycles. The first-order valence-corrected chi connectivity index (χ1v) is 19.3. The van der Waals surface area contributed by atoms with Gasteiger partial charge in [0.25, 0.3) is 0 Å². The van der Waals surface area contributed by atoms with Crippen molar-refractivity contribution in [3.63, 3.8) is 0 Å². The molecule has 0 rings (SSSR count). The fourth-order valence-corrected chi connectivity index (χ4v) is 5.64. The van der Waals surface area contributed by atoms with Crippen molar-refractivity contribution in [3.8, 4) is 12.3 Å². The van der Waals surface area contributed by atoms with Gasteiger partial charge in [-0.05, 0) is 26.1 Å². The Morgan fingerprint density at radius 2 is 0.643 bits per heavy atom. The van der Waals surface area contributed by atoms with Crippen LogP contribution in [0.5, 0.6) is 0 Å². The van der Waals surface area contributed by atoms with E-state index in [-0.39, 0.29) is 0 Å². The first-order chi connectivity index (χ1) is 29.8. The van der Waals surface area contributed by atoms with Crippen molar-refractivity contribution >= 4 is 8.32 Å². The minimum Gasteiger partial charge on any atom is -0.417 e. The van der Waals surface area contributed by atoms with E-state index in [0.717, 1.165) is 25.9 Å². The van der Waals surface area contributed by atoms with Crippen molar-refractivity contribution in [3.05, 3.63) is 0 Å². The maximum atomic E-state index is 15.1. The third-order valence-electron chi connectivity index (χ3n) is 7.91. The summed E-state index contributed by atoms with van der Waals surface area (Å²) >= 11 is 0.